The van der Waals surface area contributed by atoms with Crippen LogP contribution in [0.25, 0.3) is 63.5 Å². The lowest BCUT2D eigenvalue weighted by Gasteiger charge is -2.08. The molecular formula is C27H15N3S2. The van der Waals surface area contributed by atoms with Gasteiger partial charge in [0.25, 0.3) is 0 Å². The second-order valence-electron chi connectivity index (χ2n) is 8.12. The molecule has 0 spiro atoms. The molecule has 0 amide bonds. The molecule has 0 unspecified atom stereocenters. The van der Waals surface area contributed by atoms with Crippen LogP contribution in [0.1, 0.15) is 0 Å². The first kappa shape index (κ1) is 17.0. The van der Waals surface area contributed by atoms with Crippen molar-refractivity contribution in [2.24, 2.45) is 0 Å². The van der Waals surface area contributed by atoms with Gasteiger partial charge in [0.15, 0.2) is 0 Å². The van der Waals surface area contributed by atoms with Gasteiger partial charge in [-0.15, -0.1) is 22.7 Å². The lowest BCUT2D eigenvalue weighted by Crippen LogP contribution is -1.93. The van der Waals surface area contributed by atoms with Crippen LogP contribution in [0.5, 0.6) is 0 Å². The fourth-order valence-corrected chi connectivity index (χ4v) is 7.34. The maximum atomic E-state index is 4.64. The van der Waals surface area contributed by atoms with E-state index < -0.39 is 0 Å². The lowest BCUT2D eigenvalue weighted by atomic mass is 10.1. The Kier molecular flexibility index (Phi) is 3.16. The number of benzene rings is 3. The zero-order chi connectivity index (χ0) is 20.8. The van der Waals surface area contributed by atoms with E-state index in [1.54, 1.807) is 0 Å². The Labute approximate surface area is 190 Å². The summed E-state index contributed by atoms with van der Waals surface area (Å²) >= 11 is 3.66. The van der Waals surface area contributed by atoms with Crippen molar-refractivity contribution in [1.82, 2.24) is 14.0 Å². The van der Waals surface area contributed by atoms with Gasteiger partial charge in [0.2, 0.25) is 0 Å². The van der Waals surface area contributed by atoms with Crippen LogP contribution >= 0.6 is 22.7 Å². The first-order valence-electron chi connectivity index (χ1n) is 10.6. The van der Waals surface area contributed by atoms with E-state index in [4.69, 9.17) is 0 Å². The second kappa shape index (κ2) is 5.97. The van der Waals surface area contributed by atoms with Gasteiger partial charge in [0.05, 0.1) is 11.0 Å². The summed E-state index contributed by atoms with van der Waals surface area (Å²) in [6.07, 6.45) is 3.98. The molecule has 8 rings (SSSR count). The predicted octanol–water partition coefficient (Wildman–Crippen LogP) is 8.01. The van der Waals surface area contributed by atoms with Crippen molar-refractivity contribution in [2.45, 2.75) is 0 Å². The molecule has 3 nitrogen and oxygen atoms in total. The molecule has 0 fully saturated rings. The third-order valence-corrected chi connectivity index (χ3v) is 8.59. The zero-order valence-electron chi connectivity index (χ0n) is 16.8. The minimum atomic E-state index is 1.04. The summed E-state index contributed by atoms with van der Waals surface area (Å²) in [5, 5.41) is 8.64. The molecule has 0 aliphatic heterocycles. The first-order valence-corrected chi connectivity index (χ1v) is 12.3. The lowest BCUT2D eigenvalue weighted by molar-refractivity contribution is 1.19. The molecule has 5 aromatic heterocycles. The van der Waals surface area contributed by atoms with Crippen LogP contribution < -0.4 is 0 Å². The average Bonchev–Trinajstić information content (AvgIpc) is 3.60. The number of rotatable bonds is 1. The maximum absolute atomic E-state index is 4.64. The first-order chi connectivity index (χ1) is 15.9. The minimum Gasteiger partial charge on any atom is -0.309 e. The van der Waals surface area contributed by atoms with Crippen molar-refractivity contribution in [3.63, 3.8) is 0 Å². The van der Waals surface area contributed by atoms with Crippen molar-refractivity contribution in [2.75, 3.05) is 0 Å². The van der Waals surface area contributed by atoms with Crippen LogP contribution in [0.4, 0.5) is 0 Å². The summed E-state index contributed by atoms with van der Waals surface area (Å²) in [6, 6.07) is 26.5. The quantitative estimate of drug-likeness (QED) is 0.251. The van der Waals surface area contributed by atoms with Crippen LogP contribution in [0.2, 0.25) is 0 Å². The molecule has 0 saturated carbocycles. The van der Waals surface area contributed by atoms with Crippen LogP contribution in [-0.2, 0) is 0 Å². The molecule has 5 heterocycles. The Bertz CT molecular complexity index is 1940. The van der Waals surface area contributed by atoms with E-state index in [1.165, 1.54) is 57.9 Å². The van der Waals surface area contributed by atoms with Gasteiger partial charge in [-0.3, -0.25) is 4.40 Å². The number of aromatic nitrogens is 3. The smallest absolute Gasteiger partial charge is 0.146 e. The van der Waals surface area contributed by atoms with Gasteiger partial charge < -0.3 is 4.57 Å². The van der Waals surface area contributed by atoms with Crippen LogP contribution in [0.15, 0.2) is 90.6 Å². The van der Waals surface area contributed by atoms with Gasteiger partial charge in [0, 0.05) is 54.4 Å². The van der Waals surface area contributed by atoms with Crippen molar-refractivity contribution in [3.05, 3.63) is 90.6 Å². The molecule has 0 aliphatic rings. The van der Waals surface area contributed by atoms with Crippen LogP contribution in [-0.4, -0.2) is 14.0 Å². The number of hydrogen-bond acceptors (Lipinski definition) is 3. The highest BCUT2D eigenvalue weighted by Gasteiger charge is 2.17. The summed E-state index contributed by atoms with van der Waals surface area (Å²) in [6.45, 7) is 0. The molecule has 0 N–H and O–H groups in total. The van der Waals surface area contributed by atoms with Gasteiger partial charge in [0.1, 0.15) is 10.5 Å². The highest BCUT2D eigenvalue weighted by atomic mass is 32.1. The summed E-state index contributed by atoms with van der Waals surface area (Å²) < 4.78 is 7.27. The Morgan fingerprint density at radius 2 is 1.53 bits per heavy atom. The third kappa shape index (κ3) is 2.03. The Hall–Kier alpha value is -3.67. The minimum absolute atomic E-state index is 1.04. The van der Waals surface area contributed by atoms with Gasteiger partial charge in [-0.1, -0.05) is 36.4 Å². The molecule has 5 heteroatoms. The number of imidazole rings is 1. The van der Waals surface area contributed by atoms with Crippen molar-refractivity contribution in [1.29, 1.82) is 0 Å². The number of hydrogen-bond donors (Lipinski definition) is 0. The molecule has 0 bridgehead atoms. The Balaban J connectivity index is 1.55. The van der Waals surface area contributed by atoms with Gasteiger partial charge in [-0.25, -0.2) is 4.98 Å². The largest absolute Gasteiger partial charge is 0.309 e. The highest BCUT2D eigenvalue weighted by molar-refractivity contribution is 7.27. The SMILES string of the molecule is c1ccc2c(c1)c1ccccc1n2-c1ccc2sc3c(c2c1)c1sccc1c1nccn13. The number of nitrogens with zero attached hydrogens (tertiary/aromatic N) is 3. The summed E-state index contributed by atoms with van der Waals surface area (Å²) in [5.41, 5.74) is 4.73. The normalized spacial score (nSPS) is 12.4. The Morgan fingerprint density at radius 1 is 0.750 bits per heavy atom. The highest BCUT2D eigenvalue weighted by Crippen LogP contribution is 2.43. The summed E-state index contributed by atoms with van der Waals surface area (Å²) in [7, 11) is 0. The second-order valence-corrected chi connectivity index (χ2v) is 10.1. The number of para-hydroxylation sites is 2. The van der Waals surface area contributed by atoms with E-state index in [-0.39, 0.29) is 0 Å². The molecule has 0 aliphatic carbocycles. The van der Waals surface area contributed by atoms with Crippen molar-refractivity contribution >= 4 is 80.5 Å². The van der Waals surface area contributed by atoms with E-state index in [2.05, 4.69) is 98.3 Å². The fourth-order valence-electron chi connectivity index (χ4n) is 5.15. The standard InChI is InChI=1S/C27H15N3S2/c1-3-7-21-17(5-1)18-6-2-4-8-22(18)30(21)16-9-10-23-20(15-16)24-25-19(11-14-31-25)26-28-12-13-29(26)27(24)32-23/h1-15H. The number of pyridine rings is 1. The molecule has 0 saturated heterocycles. The monoisotopic (exact) mass is 445 g/mol. The molecule has 0 atom stereocenters. The van der Waals surface area contributed by atoms with Crippen LogP contribution in [0, 0.1) is 0 Å². The summed E-state index contributed by atoms with van der Waals surface area (Å²) in [5.74, 6) is 0. The molecule has 8 aromatic rings. The fraction of sp³-hybridized carbons (Fsp3) is 0. The molecule has 32 heavy (non-hydrogen) atoms. The van der Waals surface area contributed by atoms with E-state index in [0.29, 0.717) is 0 Å². The van der Waals surface area contributed by atoms with Gasteiger partial charge in [-0.2, -0.15) is 0 Å². The predicted molar refractivity (Wildman–Crippen MR) is 138 cm³/mol. The van der Waals surface area contributed by atoms with E-state index >= 15 is 0 Å². The number of thiophene rings is 2. The molecule has 0 radical (unpaired) electrons. The number of fused-ring (bicyclic) bond motifs is 11. The average molecular weight is 446 g/mol. The molecule has 150 valence electrons. The van der Waals surface area contributed by atoms with Crippen molar-refractivity contribution < 1.29 is 0 Å². The Morgan fingerprint density at radius 3 is 2.34 bits per heavy atom. The maximum Gasteiger partial charge on any atom is 0.146 e. The zero-order valence-corrected chi connectivity index (χ0v) is 18.5. The topological polar surface area (TPSA) is 22.2 Å². The summed E-state index contributed by atoms with van der Waals surface area (Å²) in [4.78, 5) is 5.90. The third-order valence-electron chi connectivity index (χ3n) is 6.48. The van der Waals surface area contributed by atoms with Crippen molar-refractivity contribution in [3.8, 4) is 5.69 Å². The van der Waals surface area contributed by atoms with E-state index in [0.717, 1.165) is 5.65 Å². The molecule has 3 aromatic carbocycles. The van der Waals surface area contributed by atoms with Crippen LogP contribution in [0.3, 0.4) is 0 Å². The molecular weight excluding hydrogens is 430 g/mol. The van der Waals surface area contributed by atoms with E-state index in [1.807, 2.05) is 28.9 Å². The van der Waals surface area contributed by atoms with E-state index in [9.17, 15) is 0 Å². The van der Waals surface area contributed by atoms with Gasteiger partial charge >= 0.3 is 0 Å². The van der Waals surface area contributed by atoms with Gasteiger partial charge in [-0.05, 0) is 41.8 Å².